The lowest BCUT2D eigenvalue weighted by atomic mass is 9.81. The summed E-state index contributed by atoms with van der Waals surface area (Å²) in [6, 6.07) is 20.3. The molecule has 0 heterocycles. The van der Waals surface area contributed by atoms with E-state index < -0.39 is 0 Å². The molecular formula is C20H25N. The summed E-state index contributed by atoms with van der Waals surface area (Å²) in [5, 5.41) is 3.55. The molecule has 1 heteroatoms. The van der Waals surface area contributed by atoms with Gasteiger partial charge in [0.25, 0.3) is 0 Å². The van der Waals surface area contributed by atoms with Crippen LogP contribution in [0.15, 0.2) is 54.6 Å². The Morgan fingerprint density at radius 3 is 2.05 bits per heavy atom. The van der Waals surface area contributed by atoms with Crippen LogP contribution in [-0.4, -0.2) is 7.05 Å². The Morgan fingerprint density at radius 1 is 0.810 bits per heavy atom. The smallest absolute Gasteiger partial charge is 0.0346 e. The molecule has 0 aromatic heterocycles. The van der Waals surface area contributed by atoms with Crippen LogP contribution in [-0.2, 0) is 0 Å². The fraction of sp³-hybridized carbons (Fsp3) is 0.400. The molecule has 1 unspecified atom stereocenters. The molecule has 1 aliphatic rings. The first-order valence-corrected chi connectivity index (χ1v) is 8.21. The maximum Gasteiger partial charge on any atom is 0.0346 e. The number of nitrogens with one attached hydrogen (secondary N) is 1. The first kappa shape index (κ1) is 14.3. The molecule has 0 amide bonds. The van der Waals surface area contributed by atoms with E-state index in [9.17, 15) is 0 Å². The maximum absolute atomic E-state index is 3.55. The van der Waals surface area contributed by atoms with Crippen molar-refractivity contribution >= 4 is 0 Å². The molecule has 0 saturated heterocycles. The van der Waals surface area contributed by atoms with E-state index in [0.717, 1.165) is 5.92 Å². The summed E-state index contributed by atoms with van der Waals surface area (Å²) in [4.78, 5) is 0. The predicted molar refractivity (Wildman–Crippen MR) is 90.3 cm³/mol. The second-order valence-corrected chi connectivity index (χ2v) is 6.15. The average molecular weight is 279 g/mol. The van der Waals surface area contributed by atoms with Crippen LogP contribution >= 0.6 is 0 Å². The van der Waals surface area contributed by atoms with E-state index in [0.29, 0.717) is 6.04 Å². The molecule has 1 saturated carbocycles. The van der Waals surface area contributed by atoms with Crippen LogP contribution in [0, 0.1) is 5.92 Å². The molecule has 3 rings (SSSR count). The van der Waals surface area contributed by atoms with Crippen LogP contribution in [0.1, 0.15) is 43.7 Å². The fourth-order valence-electron chi connectivity index (χ4n) is 3.66. The molecule has 1 aliphatic carbocycles. The molecule has 0 aliphatic heterocycles. The molecule has 1 nitrogen and oxygen atoms in total. The maximum atomic E-state index is 3.55. The van der Waals surface area contributed by atoms with Crippen molar-refractivity contribution in [3.05, 3.63) is 60.2 Å². The Labute approximate surface area is 128 Å². The number of hydrogen-bond donors (Lipinski definition) is 1. The largest absolute Gasteiger partial charge is 0.313 e. The van der Waals surface area contributed by atoms with Crippen LogP contribution in [0.25, 0.3) is 11.1 Å². The van der Waals surface area contributed by atoms with Gasteiger partial charge in [-0.15, -0.1) is 0 Å². The summed E-state index contributed by atoms with van der Waals surface area (Å²) in [5.74, 6) is 0.798. The fourth-order valence-corrected chi connectivity index (χ4v) is 3.66. The van der Waals surface area contributed by atoms with E-state index in [4.69, 9.17) is 0 Å². The number of benzene rings is 2. The summed E-state index contributed by atoms with van der Waals surface area (Å²) in [7, 11) is 2.10. The normalized spacial score (nSPS) is 17.6. The monoisotopic (exact) mass is 279 g/mol. The van der Waals surface area contributed by atoms with Crippen molar-refractivity contribution in [2.45, 2.75) is 38.1 Å². The topological polar surface area (TPSA) is 12.0 Å². The van der Waals surface area contributed by atoms with E-state index in [2.05, 4.69) is 67.0 Å². The van der Waals surface area contributed by atoms with Gasteiger partial charge in [-0.3, -0.25) is 0 Å². The van der Waals surface area contributed by atoms with Gasteiger partial charge in [-0.05, 0) is 42.5 Å². The van der Waals surface area contributed by atoms with Crippen molar-refractivity contribution in [3.63, 3.8) is 0 Å². The third-order valence-electron chi connectivity index (χ3n) is 4.81. The Bertz CT molecular complexity index is 538. The molecule has 0 spiro atoms. The highest BCUT2D eigenvalue weighted by atomic mass is 14.9. The van der Waals surface area contributed by atoms with E-state index in [-0.39, 0.29) is 0 Å². The van der Waals surface area contributed by atoms with Crippen molar-refractivity contribution < 1.29 is 0 Å². The first-order chi connectivity index (χ1) is 10.4. The van der Waals surface area contributed by atoms with Crippen LogP contribution in [0.4, 0.5) is 0 Å². The van der Waals surface area contributed by atoms with Gasteiger partial charge in [0.2, 0.25) is 0 Å². The molecule has 2 aromatic rings. The third kappa shape index (κ3) is 3.36. The van der Waals surface area contributed by atoms with Gasteiger partial charge in [0, 0.05) is 6.04 Å². The van der Waals surface area contributed by atoms with Gasteiger partial charge < -0.3 is 5.32 Å². The third-order valence-corrected chi connectivity index (χ3v) is 4.81. The summed E-state index contributed by atoms with van der Waals surface area (Å²) in [6.07, 6.45) is 6.94. The molecule has 1 fully saturated rings. The molecule has 1 N–H and O–H groups in total. The molecule has 0 bridgehead atoms. The molecular weight excluding hydrogens is 254 g/mol. The highest BCUT2D eigenvalue weighted by Crippen LogP contribution is 2.34. The standard InChI is InChI=1S/C20H25N/c1-21-20(18-10-6-3-7-11-18)19-14-12-17(13-15-19)16-8-4-2-5-9-16/h2,4-5,8-9,12-15,18,20-21H,3,6-7,10-11H2,1H3. The minimum absolute atomic E-state index is 0.509. The van der Waals surface area contributed by atoms with Gasteiger partial charge in [-0.2, -0.15) is 0 Å². The summed E-state index contributed by atoms with van der Waals surface area (Å²) < 4.78 is 0. The first-order valence-electron chi connectivity index (χ1n) is 8.21. The van der Waals surface area contributed by atoms with Gasteiger partial charge in [0.1, 0.15) is 0 Å². The van der Waals surface area contributed by atoms with E-state index in [1.165, 1.54) is 48.8 Å². The molecule has 2 aromatic carbocycles. The summed E-state index contributed by atoms with van der Waals surface area (Å²) >= 11 is 0. The second kappa shape index (κ2) is 6.91. The van der Waals surface area contributed by atoms with E-state index in [1.54, 1.807) is 0 Å². The van der Waals surface area contributed by atoms with E-state index in [1.807, 2.05) is 0 Å². The Morgan fingerprint density at radius 2 is 1.43 bits per heavy atom. The number of hydrogen-bond acceptors (Lipinski definition) is 1. The highest BCUT2D eigenvalue weighted by molar-refractivity contribution is 5.63. The summed E-state index contributed by atoms with van der Waals surface area (Å²) in [6.45, 7) is 0. The zero-order valence-corrected chi connectivity index (χ0v) is 12.9. The lowest BCUT2D eigenvalue weighted by Gasteiger charge is -2.30. The van der Waals surface area contributed by atoms with Gasteiger partial charge in [-0.25, -0.2) is 0 Å². The predicted octanol–water partition coefficient (Wildman–Crippen LogP) is 5.19. The minimum Gasteiger partial charge on any atom is -0.313 e. The van der Waals surface area contributed by atoms with Crippen LogP contribution in [0.5, 0.6) is 0 Å². The van der Waals surface area contributed by atoms with Gasteiger partial charge in [0.15, 0.2) is 0 Å². The van der Waals surface area contributed by atoms with Crippen molar-refractivity contribution in [3.8, 4) is 11.1 Å². The zero-order valence-electron chi connectivity index (χ0n) is 12.9. The van der Waals surface area contributed by atoms with Crippen molar-refractivity contribution in [2.24, 2.45) is 5.92 Å². The van der Waals surface area contributed by atoms with E-state index >= 15 is 0 Å². The van der Waals surface area contributed by atoms with Crippen molar-refractivity contribution in [2.75, 3.05) is 7.05 Å². The second-order valence-electron chi connectivity index (χ2n) is 6.15. The van der Waals surface area contributed by atoms with Crippen molar-refractivity contribution in [1.82, 2.24) is 5.32 Å². The number of rotatable bonds is 4. The molecule has 0 radical (unpaired) electrons. The Balaban J connectivity index is 1.79. The molecule has 21 heavy (non-hydrogen) atoms. The molecule has 110 valence electrons. The lowest BCUT2D eigenvalue weighted by Crippen LogP contribution is -2.26. The quantitative estimate of drug-likeness (QED) is 0.811. The van der Waals surface area contributed by atoms with Crippen LogP contribution in [0.3, 0.4) is 0 Å². The average Bonchev–Trinajstić information content (AvgIpc) is 2.58. The van der Waals surface area contributed by atoms with Gasteiger partial charge in [0.05, 0.1) is 0 Å². The van der Waals surface area contributed by atoms with Crippen LogP contribution < -0.4 is 5.32 Å². The highest BCUT2D eigenvalue weighted by Gasteiger charge is 2.23. The van der Waals surface area contributed by atoms with Gasteiger partial charge >= 0.3 is 0 Å². The van der Waals surface area contributed by atoms with Crippen molar-refractivity contribution in [1.29, 1.82) is 0 Å². The van der Waals surface area contributed by atoms with Gasteiger partial charge in [-0.1, -0.05) is 73.9 Å². The molecule has 1 atom stereocenters. The van der Waals surface area contributed by atoms with Crippen LogP contribution in [0.2, 0.25) is 0 Å². The lowest BCUT2D eigenvalue weighted by molar-refractivity contribution is 0.281. The minimum atomic E-state index is 0.509. The Hall–Kier alpha value is -1.60. The summed E-state index contributed by atoms with van der Waals surface area (Å²) in [5.41, 5.74) is 4.03. The zero-order chi connectivity index (χ0) is 14.5. The SMILES string of the molecule is CNC(c1ccc(-c2ccccc2)cc1)C1CCCCC1. The Kier molecular flexibility index (Phi) is 4.72.